The Morgan fingerprint density at radius 1 is 0.868 bits per heavy atom. The molecule has 1 amide bonds. The minimum absolute atomic E-state index is 0.0615. The average molecular weight is 508 g/mol. The topological polar surface area (TPSA) is 57.6 Å². The van der Waals surface area contributed by atoms with Crippen LogP contribution in [0.1, 0.15) is 49.1 Å². The first-order valence-electron chi connectivity index (χ1n) is 12.8. The summed E-state index contributed by atoms with van der Waals surface area (Å²) in [6, 6.07) is 26.5. The fourth-order valence-electron chi connectivity index (χ4n) is 5.02. The molecule has 4 aromatic rings. The van der Waals surface area contributed by atoms with E-state index in [0.717, 1.165) is 27.5 Å². The van der Waals surface area contributed by atoms with Gasteiger partial charge in [0, 0.05) is 12.1 Å². The Labute approximate surface area is 222 Å². The first-order valence-corrected chi connectivity index (χ1v) is 12.8. The third-order valence-corrected chi connectivity index (χ3v) is 7.21. The number of nitrogens with zero attached hydrogens (tertiary/aromatic N) is 1. The minimum Gasteiger partial charge on any atom is -0.507 e. The van der Waals surface area contributed by atoms with Crippen molar-refractivity contribution in [3.8, 4) is 0 Å². The average Bonchev–Trinajstić information content (AvgIpc) is 3.16. The van der Waals surface area contributed by atoms with Crippen LogP contribution >= 0.6 is 0 Å². The number of fused-ring (bicyclic) bond motifs is 1. The van der Waals surface area contributed by atoms with Crippen LogP contribution in [0.25, 0.3) is 16.5 Å². The number of amides is 1. The Morgan fingerprint density at radius 2 is 1.53 bits per heavy atom. The predicted molar refractivity (Wildman–Crippen MR) is 148 cm³/mol. The molecule has 1 aliphatic heterocycles. The van der Waals surface area contributed by atoms with Crippen LogP contribution in [0.5, 0.6) is 0 Å². The molecule has 0 aliphatic carbocycles. The van der Waals surface area contributed by atoms with Crippen molar-refractivity contribution in [1.82, 2.24) is 4.90 Å². The number of aliphatic hydroxyl groups excluding tert-OH is 1. The molecule has 0 bridgehead atoms. The molecule has 0 spiro atoms. The number of hydrogen-bond acceptors (Lipinski definition) is 3. The van der Waals surface area contributed by atoms with Gasteiger partial charge in [0.1, 0.15) is 11.6 Å². The van der Waals surface area contributed by atoms with E-state index in [2.05, 4.69) is 20.8 Å². The van der Waals surface area contributed by atoms with Gasteiger partial charge >= 0.3 is 0 Å². The molecule has 192 valence electrons. The zero-order valence-corrected chi connectivity index (χ0v) is 21.7. The maximum atomic E-state index is 13.4. The summed E-state index contributed by atoms with van der Waals surface area (Å²) in [5.41, 5.74) is 3.22. The van der Waals surface area contributed by atoms with Gasteiger partial charge in [0.15, 0.2) is 0 Å². The van der Waals surface area contributed by atoms with Gasteiger partial charge in [-0.15, -0.1) is 0 Å². The molecule has 4 aromatic carbocycles. The lowest BCUT2D eigenvalue weighted by Crippen LogP contribution is -2.31. The zero-order valence-electron chi connectivity index (χ0n) is 21.7. The van der Waals surface area contributed by atoms with E-state index in [0.29, 0.717) is 12.0 Å². The SMILES string of the molecule is CC(C)(C)c1ccc(C2/C(=C(/O)c3ccc4ccccc4c3)C(=O)C(=O)N2CCc2ccc(F)cc2)cc1. The van der Waals surface area contributed by atoms with Crippen molar-refractivity contribution in [1.29, 1.82) is 0 Å². The highest BCUT2D eigenvalue weighted by Crippen LogP contribution is 2.40. The second kappa shape index (κ2) is 9.90. The van der Waals surface area contributed by atoms with Crippen LogP contribution < -0.4 is 0 Å². The summed E-state index contributed by atoms with van der Waals surface area (Å²) >= 11 is 0. The summed E-state index contributed by atoms with van der Waals surface area (Å²) in [5.74, 6) is -1.88. The molecule has 1 aliphatic rings. The molecule has 1 atom stereocenters. The number of aliphatic hydroxyl groups is 1. The number of Topliss-reactive ketones (excluding diaryl/α,β-unsaturated/α-hetero) is 1. The fourth-order valence-corrected chi connectivity index (χ4v) is 5.02. The van der Waals surface area contributed by atoms with Gasteiger partial charge in [0.05, 0.1) is 11.6 Å². The highest BCUT2D eigenvalue weighted by Gasteiger charge is 2.45. The van der Waals surface area contributed by atoms with Crippen LogP contribution in [0.3, 0.4) is 0 Å². The first kappa shape index (κ1) is 25.4. The van der Waals surface area contributed by atoms with E-state index in [4.69, 9.17) is 0 Å². The number of benzene rings is 4. The predicted octanol–water partition coefficient (Wildman–Crippen LogP) is 6.94. The molecule has 1 heterocycles. The van der Waals surface area contributed by atoms with E-state index < -0.39 is 17.7 Å². The van der Waals surface area contributed by atoms with Gasteiger partial charge < -0.3 is 10.0 Å². The Bertz CT molecular complexity index is 1550. The molecule has 1 fully saturated rings. The monoisotopic (exact) mass is 507 g/mol. The van der Waals surface area contributed by atoms with Crippen molar-refractivity contribution in [3.63, 3.8) is 0 Å². The van der Waals surface area contributed by atoms with Crippen molar-refractivity contribution in [3.05, 3.63) is 125 Å². The van der Waals surface area contributed by atoms with Crippen molar-refractivity contribution in [2.45, 2.75) is 38.6 Å². The fraction of sp³-hybridized carbons (Fsp3) is 0.212. The number of halogens is 1. The molecule has 1 saturated heterocycles. The van der Waals surface area contributed by atoms with Crippen LogP contribution in [0.2, 0.25) is 0 Å². The maximum Gasteiger partial charge on any atom is 0.295 e. The van der Waals surface area contributed by atoms with Gasteiger partial charge in [-0.2, -0.15) is 0 Å². The smallest absolute Gasteiger partial charge is 0.295 e. The molecule has 1 unspecified atom stereocenters. The number of hydrogen-bond donors (Lipinski definition) is 1. The van der Waals surface area contributed by atoms with Crippen molar-refractivity contribution >= 4 is 28.2 Å². The quantitative estimate of drug-likeness (QED) is 0.181. The van der Waals surface area contributed by atoms with E-state index in [1.54, 1.807) is 18.2 Å². The van der Waals surface area contributed by atoms with Crippen LogP contribution in [0.15, 0.2) is 96.6 Å². The number of likely N-dealkylation sites (tertiary alicyclic amines) is 1. The van der Waals surface area contributed by atoms with Crippen molar-refractivity contribution in [2.24, 2.45) is 0 Å². The van der Waals surface area contributed by atoms with E-state index in [1.807, 2.05) is 60.7 Å². The molecule has 0 radical (unpaired) electrons. The first-order chi connectivity index (χ1) is 18.1. The van der Waals surface area contributed by atoms with E-state index >= 15 is 0 Å². The molecular weight excluding hydrogens is 477 g/mol. The lowest BCUT2D eigenvalue weighted by atomic mass is 9.85. The summed E-state index contributed by atoms with van der Waals surface area (Å²) in [4.78, 5) is 28.2. The molecule has 4 nitrogen and oxygen atoms in total. The van der Waals surface area contributed by atoms with E-state index in [1.165, 1.54) is 17.0 Å². The Kier molecular flexibility index (Phi) is 6.62. The largest absolute Gasteiger partial charge is 0.507 e. The maximum absolute atomic E-state index is 13.4. The molecule has 0 saturated carbocycles. The van der Waals surface area contributed by atoms with Crippen molar-refractivity contribution < 1.29 is 19.1 Å². The highest BCUT2D eigenvalue weighted by atomic mass is 19.1. The Hall–Kier alpha value is -4.25. The summed E-state index contributed by atoms with van der Waals surface area (Å²) in [6.45, 7) is 6.61. The van der Waals surface area contributed by atoms with Crippen LogP contribution in [0.4, 0.5) is 4.39 Å². The van der Waals surface area contributed by atoms with E-state index in [-0.39, 0.29) is 29.1 Å². The summed E-state index contributed by atoms with van der Waals surface area (Å²) in [6.07, 6.45) is 0.444. The number of rotatable bonds is 5. The molecular formula is C33H30FNO3. The Morgan fingerprint density at radius 3 is 2.18 bits per heavy atom. The molecule has 1 N–H and O–H groups in total. The third-order valence-electron chi connectivity index (χ3n) is 7.21. The van der Waals surface area contributed by atoms with Gasteiger partial charge in [-0.25, -0.2) is 4.39 Å². The van der Waals surface area contributed by atoms with Crippen LogP contribution in [-0.4, -0.2) is 28.2 Å². The molecule has 0 aromatic heterocycles. The summed E-state index contributed by atoms with van der Waals surface area (Å²) < 4.78 is 13.4. The van der Waals surface area contributed by atoms with Gasteiger partial charge in [-0.05, 0) is 57.5 Å². The molecule has 38 heavy (non-hydrogen) atoms. The molecule has 5 rings (SSSR count). The van der Waals surface area contributed by atoms with Gasteiger partial charge in [0.25, 0.3) is 11.7 Å². The second-order valence-electron chi connectivity index (χ2n) is 10.8. The number of carbonyl (C=O) groups excluding carboxylic acids is 2. The lowest BCUT2D eigenvalue weighted by Gasteiger charge is -2.26. The number of carbonyl (C=O) groups is 2. The van der Waals surface area contributed by atoms with Gasteiger partial charge in [-0.1, -0.05) is 93.6 Å². The normalized spacial score (nSPS) is 17.4. The lowest BCUT2D eigenvalue weighted by molar-refractivity contribution is -0.139. The third kappa shape index (κ3) is 4.84. The molecule has 5 heteroatoms. The Balaban J connectivity index is 1.59. The van der Waals surface area contributed by atoms with Crippen molar-refractivity contribution in [2.75, 3.05) is 6.54 Å². The van der Waals surface area contributed by atoms with Crippen LogP contribution in [0, 0.1) is 5.82 Å². The zero-order chi connectivity index (χ0) is 27.0. The summed E-state index contributed by atoms with van der Waals surface area (Å²) in [7, 11) is 0. The highest BCUT2D eigenvalue weighted by molar-refractivity contribution is 6.46. The second-order valence-corrected chi connectivity index (χ2v) is 10.8. The van der Waals surface area contributed by atoms with Gasteiger partial charge in [0.2, 0.25) is 0 Å². The van der Waals surface area contributed by atoms with E-state index in [9.17, 15) is 19.1 Å². The van der Waals surface area contributed by atoms with Crippen LogP contribution in [-0.2, 0) is 21.4 Å². The van der Waals surface area contributed by atoms with Gasteiger partial charge in [-0.3, -0.25) is 9.59 Å². The standard InChI is InChI=1S/C33H30FNO3/c1-33(2,3)26-14-12-23(13-15-26)29-28(30(36)25-11-10-22-6-4-5-7-24(22)20-25)31(37)32(38)35(29)19-18-21-8-16-27(34)17-9-21/h4-17,20,29,36H,18-19H2,1-3H3/b30-28-. The number of ketones is 1. The summed E-state index contributed by atoms with van der Waals surface area (Å²) in [5, 5.41) is 13.4. The minimum atomic E-state index is -0.740.